The molecule has 1 aromatic heterocycles. The van der Waals surface area contributed by atoms with E-state index in [1.165, 1.54) is 12.0 Å². The molecule has 5 nitrogen and oxygen atoms in total. The molecule has 0 spiro atoms. The number of amides is 1. The smallest absolute Gasteiger partial charge is 0.272 e. The van der Waals surface area contributed by atoms with Crippen LogP contribution in [0.15, 0.2) is 36.4 Å². The first-order valence-corrected chi connectivity index (χ1v) is 9.50. The summed E-state index contributed by atoms with van der Waals surface area (Å²) in [5.74, 6) is 1.21. The van der Waals surface area contributed by atoms with E-state index < -0.39 is 0 Å². The molecular weight excluding hydrogens is 324 g/mol. The summed E-state index contributed by atoms with van der Waals surface area (Å²) in [6, 6.07) is 12.1. The highest BCUT2D eigenvalue weighted by molar-refractivity contribution is 5.92. The van der Waals surface area contributed by atoms with Gasteiger partial charge in [-0.3, -0.25) is 4.79 Å². The van der Waals surface area contributed by atoms with E-state index in [0.29, 0.717) is 17.6 Å². The summed E-state index contributed by atoms with van der Waals surface area (Å²) < 4.78 is 0. The molecule has 3 rings (SSSR count). The number of hydrogen-bond donors (Lipinski definition) is 0. The zero-order chi connectivity index (χ0) is 18.5. The highest BCUT2D eigenvalue weighted by Gasteiger charge is 2.24. The lowest BCUT2D eigenvalue weighted by molar-refractivity contribution is 0.0677. The molecular formula is C21H28N4O. The molecule has 1 aliphatic rings. The fraction of sp³-hybridized carbons (Fsp3) is 0.476. The first-order chi connectivity index (χ1) is 12.6. The van der Waals surface area contributed by atoms with Crippen molar-refractivity contribution in [1.82, 2.24) is 14.9 Å². The largest absolute Gasteiger partial charge is 0.337 e. The topological polar surface area (TPSA) is 49.3 Å². The fourth-order valence-electron chi connectivity index (χ4n) is 3.47. The van der Waals surface area contributed by atoms with Crippen molar-refractivity contribution in [3.63, 3.8) is 0 Å². The Morgan fingerprint density at radius 2 is 2.04 bits per heavy atom. The summed E-state index contributed by atoms with van der Waals surface area (Å²) in [5, 5.41) is 0. The van der Waals surface area contributed by atoms with Gasteiger partial charge in [0.15, 0.2) is 0 Å². The summed E-state index contributed by atoms with van der Waals surface area (Å²) in [4.78, 5) is 26.2. The highest BCUT2D eigenvalue weighted by atomic mass is 16.2. The molecule has 0 N–H and O–H groups in total. The van der Waals surface area contributed by atoms with Gasteiger partial charge in [-0.2, -0.15) is 0 Å². The molecule has 0 saturated carbocycles. The van der Waals surface area contributed by atoms with E-state index in [4.69, 9.17) is 0 Å². The van der Waals surface area contributed by atoms with Crippen LogP contribution < -0.4 is 4.90 Å². The second-order valence-corrected chi connectivity index (χ2v) is 7.19. The van der Waals surface area contributed by atoms with Gasteiger partial charge in [-0.1, -0.05) is 37.3 Å². The minimum Gasteiger partial charge on any atom is -0.337 e. The van der Waals surface area contributed by atoms with Gasteiger partial charge in [0.25, 0.3) is 5.91 Å². The number of anilines is 1. The maximum absolute atomic E-state index is 12.9. The van der Waals surface area contributed by atoms with Crippen molar-refractivity contribution in [2.45, 2.75) is 40.2 Å². The molecule has 2 heterocycles. The Bertz CT molecular complexity index is 747. The van der Waals surface area contributed by atoms with Crippen LogP contribution in [0.3, 0.4) is 0 Å². The number of carbonyl (C=O) groups excluding carboxylic acids is 1. The molecule has 1 amide bonds. The van der Waals surface area contributed by atoms with E-state index in [9.17, 15) is 4.79 Å². The standard InChI is InChI=1S/C21H28N4O/c1-4-24(15-18-10-6-5-7-11-18)21-22-17(3)13-19(23-21)20(26)25-12-8-9-16(2)14-25/h5-7,10-11,13,16H,4,8-9,12,14-15H2,1-3H3. The maximum Gasteiger partial charge on any atom is 0.272 e. The van der Waals surface area contributed by atoms with Gasteiger partial charge in [0.05, 0.1) is 0 Å². The molecule has 1 atom stereocenters. The van der Waals surface area contributed by atoms with Crippen LogP contribution in [0.25, 0.3) is 0 Å². The minimum atomic E-state index is 0.0269. The van der Waals surface area contributed by atoms with Crippen LogP contribution in [-0.4, -0.2) is 40.4 Å². The Hall–Kier alpha value is -2.43. The van der Waals surface area contributed by atoms with Gasteiger partial charge < -0.3 is 9.80 Å². The lowest BCUT2D eigenvalue weighted by Crippen LogP contribution is -2.39. The molecule has 1 saturated heterocycles. The minimum absolute atomic E-state index is 0.0269. The molecule has 1 unspecified atom stereocenters. The van der Waals surface area contributed by atoms with E-state index in [0.717, 1.165) is 38.3 Å². The van der Waals surface area contributed by atoms with Crippen molar-refractivity contribution in [2.24, 2.45) is 5.92 Å². The van der Waals surface area contributed by atoms with Gasteiger partial charge in [0, 0.05) is 31.9 Å². The molecule has 1 aliphatic heterocycles. The summed E-state index contributed by atoms with van der Waals surface area (Å²) >= 11 is 0. The number of benzene rings is 1. The Labute approximate surface area is 156 Å². The Morgan fingerprint density at radius 1 is 1.27 bits per heavy atom. The van der Waals surface area contributed by atoms with Crippen molar-refractivity contribution in [3.8, 4) is 0 Å². The van der Waals surface area contributed by atoms with Crippen LogP contribution in [0.5, 0.6) is 0 Å². The Balaban J connectivity index is 1.83. The van der Waals surface area contributed by atoms with E-state index in [2.05, 4.69) is 40.8 Å². The number of rotatable bonds is 5. The van der Waals surface area contributed by atoms with E-state index in [1.54, 1.807) is 0 Å². The van der Waals surface area contributed by atoms with Crippen LogP contribution >= 0.6 is 0 Å². The van der Waals surface area contributed by atoms with Crippen molar-refractivity contribution < 1.29 is 4.79 Å². The van der Waals surface area contributed by atoms with Crippen LogP contribution in [0.2, 0.25) is 0 Å². The van der Waals surface area contributed by atoms with Crippen LogP contribution in [-0.2, 0) is 6.54 Å². The number of likely N-dealkylation sites (tertiary alicyclic amines) is 1. The molecule has 5 heteroatoms. The lowest BCUT2D eigenvalue weighted by atomic mass is 10.00. The van der Waals surface area contributed by atoms with Gasteiger partial charge in [0.2, 0.25) is 5.95 Å². The fourth-order valence-corrected chi connectivity index (χ4v) is 3.47. The Kier molecular flexibility index (Phi) is 5.86. The average molecular weight is 352 g/mol. The number of carbonyl (C=O) groups is 1. The first kappa shape index (κ1) is 18.4. The van der Waals surface area contributed by atoms with E-state index in [-0.39, 0.29) is 5.91 Å². The molecule has 2 aromatic rings. The number of piperidine rings is 1. The van der Waals surface area contributed by atoms with Gasteiger partial charge >= 0.3 is 0 Å². The number of aryl methyl sites for hydroxylation is 1. The van der Waals surface area contributed by atoms with E-state index in [1.807, 2.05) is 36.1 Å². The second-order valence-electron chi connectivity index (χ2n) is 7.19. The molecule has 0 bridgehead atoms. The van der Waals surface area contributed by atoms with Gasteiger partial charge in [-0.25, -0.2) is 9.97 Å². The van der Waals surface area contributed by atoms with Crippen LogP contribution in [0.1, 0.15) is 48.4 Å². The van der Waals surface area contributed by atoms with Crippen molar-refractivity contribution in [1.29, 1.82) is 0 Å². The maximum atomic E-state index is 12.9. The molecule has 0 aliphatic carbocycles. The van der Waals surface area contributed by atoms with Crippen LogP contribution in [0.4, 0.5) is 5.95 Å². The predicted molar refractivity (Wildman–Crippen MR) is 104 cm³/mol. The Morgan fingerprint density at radius 3 is 2.73 bits per heavy atom. The van der Waals surface area contributed by atoms with E-state index >= 15 is 0 Å². The zero-order valence-electron chi connectivity index (χ0n) is 16.0. The SMILES string of the molecule is CCN(Cc1ccccc1)c1nc(C)cc(C(=O)N2CCCC(C)C2)n1. The van der Waals surface area contributed by atoms with Crippen LogP contribution in [0, 0.1) is 12.8 Å². The number of nitrogens with zero attached hydrogens (tertiary/aromatic N) is 4. The van der Waals surface area contributed by atoms with Gasteiger partial charge in [0.1, 0.15) is 5.69 Å². The summed E-state index contributed by atoms with van der Waals surface area (Å²) in [6.45, 7) is 9.37. The molecule has 26 heavy (non-hydrogen) atoms. The first-order valence-electron chi connectivity index (χ1n) is 9.50. The highest BCUT2D eigenvalue weighted by Crippen LogP contribution is 2.19. The zero-order valence-corrected chi connectivity index (χ0v) is 16.0. The monoisotopic (exact) mass is 352 g/mol. The van der Waals surface area contributed by atoms with Crippen molar-refractivity contribution in [3.05, 3.63) is 53.3 Å². The lowest BCUT2D eigenvalue weighted by Gasteiger charge is -2.31. The van der Waals surface area contributed by atoms with Gasteiger partial charge in [-0.15, -0.1) is 0 Å². The third-order valence-corrected chi connectivity index (χ3v) is 4.89. The third kappa shape index (κ3) is 4.40. The molecule has 0 radical (unpaired) electrons. The summed E-state index contributed by atoms with van der Waals surface area (Å²) in [7, 11) is 0. The third-order valence-electron chi connectivity index (χ3n) is 4.89. The summed E-state index contributed by atoms with van der Waals surface area (Å²) in [5.41, 5.74) is 2.54. The normalized spacial score (nSPS) is 17.2. The molecule has 138 valence electrons. The quantitative estimate of drug-likeness (QED) is 0.823. The molecule has 1 fully saturated rings. The van der Waals surface area contributed by atoms with Crippen molar-refractivity contribution >= 4 is 11.9 Å². The second kappa shape index (κ2) is 8.30. The number of hydrogen-bond acceptors (Lipinski definition) is 4. The summed E-state index contributed by atoms with van der Waals surface area (Å²) in [6.07, 6.45) is 2.26. The molecule has 1 aromatic carbocycles. The van der Waals surface area contributed by atoms with Crippen molar-refractivity contribution in [2.75, 3.05) is 24.5 Å². The van der Waals surface area contributed by atoms with Gasteiger partial charge in [-0.05, 0) is 44.2 Å². The average Bonchev–Trinajstić information content (AvgIpc) is 2.65. The predicted octanol–water partition coefficient (Wildman–Crippen LogP) is 3.68. The number of aromatic nitrogens is 2.